The molecule has 1 N–H and O–H groups in total. The topological polar surface area (TPSA) is 68.0 Å². The Bertz CT molecular complexity index is 927. The van der Waals surface area contributed by atoms with Gasteiger partial charge in [0.25, 0.3) is 5.22 Å². The molecule has 2 aromatic carbocycles. The summed E-state index contributed by atoms with van der Waals surface area (Å²) in [4.78, 5) is 12.4. The van der Waals surface area contributed by atoms with E-state index in [1.165, 1.54) is 23.9 Å². The van der Waals surface area contributed by atoms with Gasteiger partial charge in [0, 0.05) is 5.56 Å². The third-order valence-electron chi connectivity index (χ3n) is 4.05. The van der Waals surface area contributed by atoms with Crippen molar-refractivity contribution in [2.75, 3.05) is 0 Å². The molecule has 0 aliphatic heterocycles. The number of nitrogens with one attached hydrogen (secondary N) is 1. The smallest absolute Gasteiger partial charge is 0.277 e. The standard InChI is InChI=1S/C20H20FN3O2S/c1-12-5-4-6-16(11-12)19-23-24-20(26-19)27-14(3)18(25)22-13(2)15-7-9-17(21)10-8-15/h4-11,13-14H,1-3H3,(H,22,25)/t13-,14-/m0/s1. The summed E-state index contributed by atoms with van der Waals surface area (Å²) in [6.07, 6.45) is 0. The second kappa shape index (κ2) is 8.35. The van der Waals surface area contributed by atoms with Crippen molar-refractivity contribution in [1.29, 1.82) is 0 Å². The molecule has 27 heavy (non-hydrogen) atoms. The van der Waals surface area contributed by atoms with Gasteiger partial charge in [-0.3, -0.25) is 4.79 Å². The van der Waals surface area contributed by atoms with E-state index >= 15 is 0 Å². The normalized spacial score (nSPS) is 13.2. The van der Waals surface area contributed by atoms with E-state index < -0.39 is 5.25 Å². The van der Waals surface area contributed by atoms with Crippen molar-refractivity contribution in [3.05, 3.63) is 65.5 Å². The Hall–Kier alpha value is -2.67. The highest BCUT2D eigenvalue weighted by molar-refractivity contribution is 8.00. The summed E-state index contributed by atoms with van der Waals surface area (Å²) in [6.45, 7) is 5.61. The Labute approximate surface area is 161 Å². The van der Waals surface area contributed by atoms with Crippen molar-refractivity contribution in [3.63, 3.8) is 0 Å². The lowest BCUT2D eigenvalue weighted by atomic mass is 10.1. The average Bonchev–Trinajstić information content (AvgIpc) is 3.10. The molecule has 0 aliphatic rings. The average molecular weight is 385 g/mol. The molecule has 0 spiro atoms. The summed E-state index contributed by atoms with van der Waals surface area (Å²) in [6, 6.07) is 13.6. The largest absolute Gasteiger partial charge is 0.411 e. The number of aromatic nitrogens is 2. The lowest BCUT2D eigenvalue weighted by Gasteiger charge is -2.16. The van der Waals surface area contributed by atoms with Gasteiger partial charge in [-0.2, -0.15) is 0 Å². The van der Waals surface area contributed by atoms with Crippen molar-refractivity contribution in [2.45, 2.75) is 37.3 Å². The lowest BCUT2D eigenvalue weighted by Crippen LogP contribution is -2.33. The number of nitrogens with zero attached hydrogens (tertiary/aromatic N) is 2. The minimum Gasteiger partial charge on any atom is -0.411 e. The molecule has 1 heterocycles. The number of aryl methyl sites for hydroxylation is 1. The van der Waals surface area contributed by atoms with Crippen molar-refractivity contribution in [2.24, 2.45) is 0 Å². The second-order valence-electron chi connectivity index (χ2n) is 6.28. The minimum atomic E-state index is -0.418. The third-order valence-corrected chi connectivity index (χ3v) is 4.98. The maximum absolute atomic E-state index is 13.0. The number of rotatable bonds is 6. The highest BCUT2D eigenvalue weighted by atomic mass is 32.2. The number of carbonyl (C=O) groups is 1. The maximum Gasteiger partial charge on any atom is 0.277 e. The Morgan fingerprint density at radius 2 is 1.89 bits per heavy atom. The minimum absolute atomic E-state index is 0.160. The van der Waals surface area contributed by atoms with E-state index in [1.54, 1.807) is 19.1 Å². The zero-order chi connectivity index (χ0) is 19.4. The molecule has 0 saturated carbocycles. The van der Waals surface area contributed by atoms with E-state index in [-0.39, 0.29) is 17.8 Å². The molecule has 2 atom stereocenters. The van der Waals surface area contributed by atoms with Crippen LogP contribution >= 0.6 is 11.8 Å². The highest BCUT2D eigenvalue weighted by Crippen LogP contribution is 2.27. The molecule has 140 valence electrons. The summed E-state index contributed by atoms with van der Waals surface area (Å²) in [5.41, 5.74) is 2.78. The first kappa shape index (κ1) is 19.1. The number of benzene rings is 2. The lowest BCUT2D eigenvalue weighted by molar-refractivity contribution is -0.120. The Balaban J connectivity index is 1.60. The van der Waals surface area contributed by atoms with Gasteiger partial charge in [-0.1, -0.05) is 41.6 Å². The van der Waals surface area contributed by atoms with Crippen LogP contribution in [0.4, 0.5) is 4.39 Å². The van der Waals surface area contributed by atoms with Crippen LogP contribution in [0, 0.1) is 12.7 Å². The van der Waals surface area contributed by atoms with E-state index in [1.807, 2.05) is 38.1 Å². The fourth-order valence-electron chi connectivity index (χ4n) is 2.52. The van der Waals surface area contributed by atoms with Gasteiger partial charge < -0.3 is 9.73 Å². The molecular weight excluding hydrogens is 365 g/mol. The van der Waals surface area contributed by atoms with E-state index in [0.29, 0.717) is 11.1 Å². The Morgan fingerprint density at radius 1 is 1.15 bits per heavy atom. The molecule has 0 bridgehead atoms. The van der Waals surface area contributed by atoms with Crippen LogP contribution in [-0.2, 0) is 4.79 Å². The van der Waals surface area contributed by atoms with Gasteiger partial charge >= 0.3 is 0 Å². The van der Waals surface area contributed by atoms with Gasteiger partial charge in [-0.15, -0.1) is 10.2 Å². The summed E-state index contributed by atoms with van der Waals surface area (Å²) in [5.74, 6) is -0.0392. The quantitative estimate of drug-likeness (QED) is 0.631. The number of halogens is 1. The summed E-state index contributed by atoms with van der Waals surface area (Å²) in [5, 5.41) is 10.9. The monoisotopic (exact) mass is 385 g/mol. The van der Waals surface area contributed by atoms with Gasteiger partial charge in [0.2, 0.25) is 11.8 Å². The van der Waals surface area contributed by atoms with Gasteiger partial charge in [0.1, 0.15) is 5.82 Å². The number of hydrogen-bond acceptors (Lipinski definition) is 5. The van der Waals surface area contributed by atoms with E-state index in [2.05, 4.69) is 15.5 Å². The molecule has 5 nitrogen and oxygen atoms in total. The van der Waals surface area contributed by atoms with Crippen molar-refractivity contribution in [1.82, 2.24) is 15.5 Å². The molecule has 1 aromatic heterocycles. The van der Waals surface area contributed by atoms with E-state index in [0.717, 1.165) is 16.7 Å². The molecule has 1 amide bonds. The molecule has 0 unspecified atom stereocenters. The highest BCUT2D eigenvalue weighted by Gasteiger charge is 2.20. The molecule has 0 aliphatic carbocycles. The Kier molecular flexibility index (Phi) is 5.91. The van der Waals surface area contributed by atoms with Crippen LogP contribution in [0.25, 0.3) is 11.5 Å². The fourth-order valence-corrected chi connectivity index (χ4v) is 3.21. The van der Waals surface area contributed by atoms with Crippen molar-refractivity contribution < 1.29 is 13.6 Å². The molecule has 3 aromatic rings. The number of carbonyl (C=O) groups excluding carboxylic acids is 1. The van der Waals surface area contributed by atoms with Crippen LogP contribution in [0.15, 0.2) is 58.2 Å². The molecular formula is C20H20FN3O2S. The molecule has 0 radical (unpaired) electrons. The van der Waals surface area contributed by atoms with Crippen LogP contribution < -0.4 is 5.32 Å². The number of thioether (sulfide) groups is 1. The summed E-state index contributed by atoms with van der Waals surface area (Å²) >= 11 is 1.20. The first-order valence-electron chi connectivity index (χ1n) is 8.55. The van der Waals surface area contributed by atoms with Gasteiger partial charge in [-0.25, -0.2) is 4.39 Å². The SMILES string of the molecule is Cc1cccc(-c2nnc(S[C@@H](C)C(=O)N[C@@H](C)c3ccc(F)cc3)o2)c1. The summed E-state index contributed by atoms with van der Waals surface area (Å²) in [7, 11) is 0. The number of amides is 1. The van der Waals surface area contributed by atoms with E-state index in [9.17, 15) is 9.18 Å². The predicted octanol–water partition coefficient (Wildman–Crippen LogP) is 4.54. The maximum atomic E-state index is 13.0. The van der Waals surface area contributed by atoms with Crippen LogP contribution in [-0.4, -0.2) is 21.4 Å². The summed E-state index contributed by atoms with van der Waals surface area (Å²) < 4.78 is 18.7. The zero-order valence-corrected chi connectivity index (χ0v) is 16.1. The van der Waals surface area contributed by atoms with Crippen LogP contribution in [0.2, 0.25) is 0 Å². The van der Waals surface area contributed by atoms with Crippen LogP contribution in [0.1, 0.15) is 31.0 Å². The van der Waals surface area contributed by atoms with E-state index in [4.69, 9.17) is 4.42 Å². The molecule has 7 heteroatoms. The second-order valence-corrected chi connectivity index (χ2v) is 7.58. The van der Waals surface area contributed by atoms with Crippen LogP contribution in [0.3, 0.4) is 0 Å². The molecule has 3 rings (SSSR count). The van der Waals surface area contributed by atoms with Gasteiger partial charge in [0.15, 0.2) is 0 Å². The number of hydrogen-bond donors (Lipinski definition) is 1. The first-order chi connectivity index (χ1) is 12.9. The molecule has 0 saturated heterocycles. The first-order valence-corrected chi connectivity index (χ1v) is 9.43. The zero-order valence-electron chi connectivity index (χ0n) is 15.3. The van der Waals surface area contributed by atoms with Crippen molar-refractivity contribution >= 4 is 17.7 Å². The van der Waals surface area contributed by atoms with Crippen molar-refractivity contribution in [3.8, 4) is 11.5 Å². The fraction of sp³-hybridized carbons (Fsp3) is 0.250. The van der Waals surface area contributed by atoms with Crippen LogP contribution in [0.5, 0.6) is 0 Å². The third kappa shape index (κ3) is 4.95. The Morgan fingerprint density at radius 3 is 2.59 bits per heavy atom. The predicted molar refractivity (Wildman–Crippen MR) is 103 cm³/mol. The van der Waals surface area contributed by atoms with Gasteiger partial charge in [0.05, 0.1) is 11.3 Å². The molecule has 0 fully saturated rings. The van der Waals surface area contributed by atoms with Gasteiger partial charge in [-0.05, 0) is 50.6 Å².